The maximum Gasteiger partial charge on any atom is 0.246 e. The van der Waals surface area contributed by atoms with Gasteiger partial charge in [0, 0.05) is 45.0 Å². The number of carbonyl (C=O) groups excluding carboxylic acids is 1. The summed E-state index contributed by atoms with van der Waals surface area (Å²) in [5, 5.41) is 1.14. The third kappa shape index (κ3) is 2.34. The molecule has 0 saturated carbocycles. The summed E-state index contributed by atoms with van der Waals surface area (Å²) in [6.07, 6.45) is 7.21. The summed E-state index contributed by atoms with van der Waals surface area (Å²) < 4.78 is 5.52. The van der Waals surface area contributed by atoms with Crippen LogP contribution in [-0.4, -0.2) is 64.6 Å². The van der Waals surface area contributed by atoms with Crippen molar-refractivity contribution in [2.75, 3.05) is 37.7 Å². The number of H-pyrrole nitrogens is 1. The number of nitrogens with zero attached hydrogens (tertiary/aromatic N) is 4. The number of carbonyl (C=O) groups is 1. The molecule has 0 spiro atoms. The number of hydrogen-bond acceptors (Lipinski definition) is 5. The Labute approximate surface area is 152 Å². The molecule has 5 rings (SSSR count). The van der Waals surface area contributed by atoms with Gasteiger partial charge in [0.2, 0.25) is 5.91 Å². The maximum absolute atomic E-state index is 12.0. The Kier molecular flexibility index (Phi) is 3.70. The van der Waals surface area contributed by atoms with Gasteiger partial charge in [-0.05, 0) is 30.4 Å². The summed E-state index contributed by atoms with van der Waals surface area (Å²) in [4.78, 5) is 28.6. The molecular formula is C19H23N5O2. The van der Waals surface area contributed by atoms with E-state index >= 15 is 0 Å². The highest BCUT2D eigenvalue weighted by Crippen LogP contribution is 2.41. The van der Waals surface area contributed by atoms with E-state index in [1.807, 2.05) is 4.90 Å². The molecule has 1 amide bonds. The summed E-state index contributed by atoms with van der Waals surface area (Å²) in [5.41, 5.74) is 2.20. The first-order valence-corrected chi connectivity index (χ1v) is 9.34. The van der Waals surface area contributed by atoms with Gasteiger partial charge >= 0.3 is 0 Å². The molecule has 2 aromatic heterocycles. The highest BCUT2D eigenvalue weighted by Gasteiger charge is 2.47. The van der Waals surface area contributed by atoms with Gasteiger partial charge in [-0.2, -0.15) is 0 Å². The van der Waals surface area contributed by atoms with Crippen LogP contribution in [0.5, 0.6) is 0 Å². The average molecular weight is 353 g/mol. The summed E-state index contributed by atoms with van der Waals surface area (Å²) in [6.45, 7) is 7.74. The summed E-state index contributed by atoms with van der Waals surface area (Å²) in [5.74, 6) is 2.04. The number of hydrogen-bond donors (Lipinski definition) is 1. The van der Waals surface area contributed by atoms with Crippen LogP contribution in [0, 0.1) is 5.92 Å². The van der Waals surface area contributed by atoms with Crippen molar-refractivity contribution in [1.82, 2.24) is 19.9 Å². The molecule has 3 aliphatic heterocycles. The molecule has 2 aromatic rings. The number of anilines is 1. The third-order valence-electron chi connectivity index (χ3n) is 6.14. The number of fused-ring (bicyclic) bond motifs is 2. The Morgan fingerprint density at radius 1 is 1.27 bits per heavy atom. The summed E-state index contributed by atoms with van der Waals surface area (Å²) >= 11 is 0. The van der Waals surface area contributed by atoms with Gasteiger partial charge in [0.05, 0.1) is 11.4 Å². The van der Waals surface area contributed by atoms with Gasteiger partial charge in [0.1, 0.15) is 17.8 Å². The second kappa shape index (κ2) is 6.09. The monoisotopic (exact) mass is 353 g/mol. The zero-order valence-electron chi connectivity index (χ0n) is 14.7. The van der Waals surface area contributed by atoms with Gasteiger partial charge in [-0.25, -0.2) is 9.97 Å². The van der Waals surface area contributed by atoms with Crippen molar-refractivity contribution in [3.63, 3.8) is 0 Å². The number of aromatic nitrogens is 3. The molecule has 3 fully saturated rings. The average Bonchev–Trinajstić information content (AvgIpc) is 3.25. The lowest BCUT2D eigenvalue weighted by Gasteiger charge is -2.44. The smallest absolute Gasteiger partial charge is 0.246 e. The molecule has 26 heavy (non-hydrogen) atoms. The highest BCUT2D eigenvalue weighted by molar-refractivity contribution is 5.92. The van der Waals surface area contributed by atoms with Crippen molar-refractivity contribution in [3.8, 4) is 0 Å². The van der Waals surface area contributed by atoms with E-state index in [2.05, 4.69) is 32.6 Å². The Bertz CT molecular complexity index is 857. The molecule has 3 saturated heterocycles. The van der Waals surface area contributed by atoms with Crippen LogP contribution < -0.4 is 4.90 Å². The highest BCUT2D eigenvalue weighted by atomic mass is 16.5. The fourth-order valence-corrected chi connectivity index (χ4v) is 4.71. The van der Waals surface area contributed by atoms with Crippen molar-refractivity contribution >= 4 is 22.8 Å². The van der Waals surface area contributed by atoms with E-state index in [4.69, 9.17) is 4.74 Å². The molecule has 0 radical (unpaired) electrons. The van der Waals surface area contributed by atoms with Gasteiger partial charge in [0.25, 0.3) is 0 Å². The largest absolute Gasteiger partial charge is 0.381 e. The van der Waals surface area contributed by atoms with Crippen LogP contribution >= 0.6 is 0 Å². The Morgan fingerprint density at radius 3 is 2.92 bits per heavy atom. The van der Waals surface area contributed by atoms with Crippen LogP contribution in [0.4, 0.5) is 5.82 Å². The predicted octanol–water partition coefficient (Wildman–Crippen LogP) is 1.68. The molecule has 0 aromatic carbocycles. The lowest BCUT2D eigenvalue weighted by atomic mass is 9.89. The number of aromatic amines is 1. The Hall–Kier alpha value is -2.41. The standard InChI is InChI=1S/C19H23N5O2/c1-2-16(25)23-8-13-9-24(15(13)10-23)19-17-14(12-3-5-26-6-4-12)7-20-18(17)21-11-22-19/h2,7,11-13,15H,1,3-6,8-10H2,(H,20,21,22)/t13-,15-/m0/s1. The number of rotatable bonds is 3. The summed E-state index contributed by atoms with van der Waals surface area (Å²) in [7, 11) is 0. The van der Waals surface area contributed by atoms with Crippen LogP contribution in [0.25, 0.3) is 11.0 Å². The zero-order valence-corrected chi connectivity index (χ0v) is 14.7. The van der Waals surface area contributed by atoms with Crippen LogP contribution in [-0.2, 0) is 9.53 Å². The van der Waals surface area contributed by atoms with E-state index in [0.717, 1.165) is 62.5 Å². The molecule has 0 unspecified atom stereocenters. The predicted molar refractivity (Wildman–Crippen MR) is 98.1 cm³/mol. The molecule has 3 aliphatic rings. The van der Waals surface area contributed by atoms with Gasteiger partial charge < -0.3 is 19.5 Å². The zero-order chi connectivity index (χ0) is 17.7. The SMILES string of the molecule is C=CC(=O)N1C[C@H]2CN(c3ncnc4[nH]cc(C5CCOCC5)c34)[C@H]2C1. The van der Waals surface area contributed by atoms with E-state index < -0.39 is 0 Å². The number of ether oxygens (including phenoxy) is 1. The molecule has 0 bridgehead atoms. The third-order valence-corrected chi connectivity index (χ3v) is 6.14. The van der Waals surface area contributed by atoms with E-state index in [-0.39, 0.29) is 5.91 Å². The Balaban J connectivity index is 1.47. The molecular weight excluding hydrogens is 330 g/mol. The first-order chi connectivity index (χ1) is 12.8. The molecule has 7 nitrogen and oxygen atoms in total. The van der Waals surface area contributed by atoms with E-state index in [0.29, 0.717) is 17.9 Å². The quantitative estimate of drug-likeness (QED) is 0.850. The lowest BCUT2D eigenvalue weighted by Crippen LogP contribution is -2.56. The minimum atomic E-state index is 0.0247. The van der Waals surface area contributed by atoms with E-state index in [1.54, 1.807) is 6.33 Å². The van der Waals surface area contributed by atoms with Crippen LogP contribution in [0.1, 0.15) is 24.3 Å². The first-order valence-electron chi connectivity index (χ1n) is 9.34. The van der Waals surface area contributed by atoms with Crippen molar-refractivity contribution in [3.05, 3.63) is 30.7 Å². The molecule has 2 atom stereocenters. The number of amides is 1. The molecule has 1 N–H and O–H groups in total. The van der Waals surface area contributed by atoms with Crippen molar-refractivity contribution in [2.45, 2.75) is 24.8 Å². The fraction of sp³-hybridized carbons (Fsp3) is 0.526. The lowest BCUT2D eigenvalue weighted by molar-refractivity contribution is -0.125. The first kappa shape index (κ1) is 15.8. The minimum Gasteiger partial charge on any atom is -0.381 e. The van der Waals surface area contributed by atoms with Crippen LogP contribution in [0.2, 0.25) is 0 Å². The normalized spacial score (nSPS) is 26.0. The molecule has 136 valence electrons. The van der Waals surface area contributed by atoms with Crippen molar-refractivity contribution in [2.24, 2.45) is 5.92 Å². The second-order valence-electron chi connectivity index (χ2n) is 7.48. The van der Waals surface area contributed by atoms with Gasteiger partial charge in [-0.15, -0.1) is 0 Å². The summed E-state index contributed by atoms with van der Waals surface area (Å²) in [6, 6.07) is 0.342. The number of likely N-dealkylation sites (tertiary alicyclic amines) is 1. The van der Waals surface area contributed by atoms with Crippen molar-refractivity contribution < 1.29 is 9.53 Å². The van der Waals surface area contributed by atoms with Crippen LogP contribution in [0.15, 0.2) is 25.2 Å². The van der Waals surface area contributed by atoms with Crippen LogP contribution in [0.3, 0.4) is 0 Å². The molecule has 5 heterocycles. The molecule has 7 heteroatoms. The topological polar surface area (TPSA) is 74.4 Å². The maximum atomic E-state index is 12.0. The van der Waals surface area contributed by atoms with Gasteiger partial charge in [-0.3, -0.25) is 4.79 Å². The fourth-order valence-electron chi connectivity index (χ4n) is 4.71. The van der Waals surface area contributed by atoms with Gasteiger partial charge in [0.15, 0.2) is 0 Å². The van der Waals surface area contributed by atoms with Crippen molar-refractivity contribution in [1.29, 1.82) is 0 Å². The second-order valence-corrected chi connectivity index (χ2v) is 7.48. The van der Waals surface area contributed by atoms with E-state index in [1.165, 1.54) is 11.6 Å². The number of nitrogens with one attached hydrogen (secondary N) is 1. The Morgan fingerprint density at radius 2 is 2.12 bits per heavy atom. The minimum absolute atomic E-state index is 0.0247. The van der Waals surface area contributed by atoms with Gasteiger partial charge in [-0.1, -0.05) is 6.58 Å². The van der Waals surface area contributed by atoms with E-state index in [9.17, 15) is 4.79 Å². The molecule has 0 aliphatic carbocycles.